The van der Waals surface area contributed by atoms with Gasteiger partial charge >= 0.3 is 0 Å². The van der Waals surface area contributed by atoms with Gasteiger partial charge in [-0.05, 0) is 37.3 Å². The number of para-hydroxylation sites is 1. The molecule has 2 N–H and O–H groups in total. The minimum absolute atomic E-state index is 0.00779. The molecule has 0 spiro atoms. The third-order valence-electron chi connectivity index (χ3n) is 3.61. The molecule has 2 aromatic rings. The summed E-state index contributed by atoms with van der Waals surface area (Å²) in [6, 6.07) is 14.7. The first-order valence-corrected chi connectivity index (χ1v) is 7.83. The Labute approximate surface area is 142 Å². The number of benzene rings is 2. The Morgan fingerprint density at radius 2 is 1.75 bits per heavy atom. The lowest BCUT2D eigenvalue weighted by molar-refractivity contribution is -0.116. The second-order valence-electron chi connectivity index (χ2n) is 5.42. The first-order chi connectivity index (χ1) is 11.6. The molecule has 0 aromatic heterocycles. The number of methoxy groups -OCH3 is 1. The van der Waals surface area contributed by atoms with Gasteiger partial charge in [0.25, 0.3) is 0 Å². The number of rotatable bonds is 8. The number of carbonyl (C=O) groups excluding carboxylic acids is 2. The molecular formula is C19H22N2O3. The van der Waals surface area contributed by atoms with Crippen LogP contribution in [0.15, 0.2) is 48.5 Å². The van der Waals surface area contributed by atoms with E-state index >= 15 is 0 Å². The maximum Gasteiger partial charge on any atom is 0.225 e. The molecule has 24 heavy (non-hydrogen) atoms. The highest BCUT2D eigenvalue weighted by atomic mass is 16.5. The topological polar surface area (TPSA) is 67.4 Å². The average molecular weight is 326 g/mol. The average Bonchev–Trinajstić information content (AvgIpc) is 2.59. The third-order valence-corrected chi connectivity index (χ3v) is 3.61. The van der Waals surface area contributed by atoms with Gasteiger partial charge in [-0.3, -0.25) is 9.59 Å². The first kappa shape index (κ1) is 17.7. The van der Waals surface area contributed by atoms with Crippen molar-refractivity contribution in [1.29, 1.82) is 0 Å². The highest BCUT2D eigenvalue weighted by Crippen LogP contribution is 2.16. The molecule has 0 saturated heterocycles. The molecule has 1 amide bonds. The maximum absolute atomic E-state index is 11.9. The van der Waals surface area contributed by atoms with Gasteiger partial charge in [0.1, 0.15) is 5.75 Å². The smallest absolute Gasteiger partial charge is 0.225 e. The standard InChI is InChI=1S/C19H22N2O3/c1-14(22)15-7-9-17(10-8-15)21-19(23)11-12-20-13-16-5-3-4-6-18(16)24-2/h3-10,20H,11-13H2,1-2H3,(H,21,23). The van der Waals surface area contributed by atoms with Gasteiger partial charge in [-0.25, -0.2) is 0 Å². The number of ketones is 1. The molecule has 0 aliphatic carbocycles. The van der Waals surface area contributed by atoms with Crippen molar-refractivity contribution in [2.24, 2.45) is 0 Å². The second kappa shape index (κ2) is 8.84. The van der Waals surface area contributed by atoms with Gasteiger partial charge in [0.05, 0.1) is 7.11 Å². The summed E-state index contributed by atoms with van der Waals surface area (Å²) >= 11 is 0. The molecule has 0 unspecified atom stereocenters. The zero-order valence-corrected chi connectivity index (χ0v) is 14.0. The molecular weight excluding hydrogens is 304 g/mol. The molecule has 5 heteroatoms. The number of anilines is 1. The number of nitrogens with one attached hydrogen (secondary N) is 2. The van der Waals surface area contributed by atoms with Crippen LogP contribution in [0.25, 0.3) is 0 Å². The van der Waals surface area contributed by atoms with Crippen LogP contribution in [-0.4, -0.2) is 25.3 Å². The number of hydrogen-bond acceptors (Lipinski definition) is 4. The Morgan fingerprint density at radius 3 is 2.42 bits per heavy atom. The van der Waals surface area contributed by atoms with Crippen molar-refractivity contribution in [1.82, 2.24) is 5.32 Å². The lowest BCUT2D eigenvalue weighted by Gasteiger charge is -2.09. The van der Waals surface area contributed by atoms with Crippen LogP contribution in [0, 0.1) is 0 Å². The van der Waals surface area contributed by atoms with Crippen LogP contribution in [-0.2, 0) is 11.3 Å². The van der Waals surface area contributed by atoms with Crippen molar-refractivity contribution in [2.45, 2.75) is 19.9 Å². The molecule has 0 fully saturated rings. The summed E-state index contributed by atoms with van der Waals surface area (Å²) in [6.45, 7) is 2.72. The highest BCUT2D eigenvalue weighted by molar-refractivity contribution is 5.95. The molecule has 0 radical (unpaired) electrons. The molecule has 0 heterocycles. The Balaban J connectivity index is 1.74. The van der Waals surface area contributed by atoms with Gasteiger partial charge in [-0.15, -0.1) is 0 Å². The summed E-state index contributed by atoms with van der Waals surface area (Å²) in [5.41, 5.74) is 2.38. The largest absolute Gasteiger partial charge is 0.496 e. The van der Waals surface area contributed by atoms with Crippen LogP contribution in [0.4, 0.5) is 5.69 Å². The van der Waals surface area contributed by atoms with E-state index in [2.05, 4.69) is 10.6 Å². The number of Topliss-reactive ketones (excluding diaryl/α,β-unsaturated/α-hetero) is 1. The summed E-state index contributed by atoms with van der Waals surface area (Å²) in [5, 5.41) is 6.05. The SMILES string of the molecule is COc1ccccc1CNCCC(=O)Nc1ccc(C(C)=O)cc1. The molecule has 2 rings (SSSR count). The second-order valence-corrected chi connectivity index (χ2v) is 5.42. The minimum Gasteiger partial charge on any atom is -0.496 e. The fourth-order valence-electron chi connectivity index (χ4n) is 2.29. The summed E-state index contributed by atoms with van der Waals surface area (Å²) in [4.78, 5) is 23.1. The summed E-state index contributed by atoms with van der Waals surface area (Å²) < 4.78 is 5.29. The molecule has 5 nitrogen and oxygen atoms in total. The highest BCUT2D eigenvalue weighted by Gasteiger charge is 2.05. The summed E-state index contributed by atoms with van der Waals surface area (Å²) in [7, 11) is 1.64. The fourth-order valence-corrected chi connectivity index (χ4v) is 2.29. The van der Waals surface area contributed by atoms with E-state index in [-0.39, 0.29) is 11.7 Å². The predicted molar refractivity (Wildman–Crippen MR) is 94.4 cm³/mol. The Morgan fingerprint density at radius 1 is 1.04 bits per heavy atom. The van der Waals surface area contributed by atoms with Crippen LogP contribution in [0.5, 0.6) is 5.75 Å². The minimum atomic E-state index is -0.0712. The van der Waals surface area contributed by atoms with Crippen molar-refractivity contribution >= 4 is 17.4 Å². The van der Waals surface area contributed by atoms with Crippen LogP contribution in [0.1, 0.15) is 29.3 Å². The molecule has 0 bridgehead atoms. The van der Waals surface area contributed by atoms with Crippen molar-refractivity contribution in [3.63, 3.8) is 0 Å². The van der Waals surface area contributed by atoms with E-state index in [1.165, 1.54) is 6.92 Å². The first-order valence-electron chi connectivity index (χ1n) is 7.83. The van der Waals surface area contributed by atoms with Gasteiger partial charge in [0, 0.05) is 36.3 Å². The van der Waals surface area contributed by atoms with Crippen LogP contribution < -0.4 is 15.4 Å². The molecule has 0 aliphatic heterocycles. The number of amides is 1. The van der Waals surface area contributed by atoms with Gasteiger partial charge < -0.3 is 15.4 Å². The molecule has 0 atom stereocenters. The van der Waals surface area contributed by atoms with Gasteiger partial charge in [0.2, 0.25) is 5.91 Å². The molecule has 0 aliphatic rings. The van der Waals surface area contributed by atoms with E-state index in [9.17, 15) is 9.59 Å². The van der Waals surface area contributed by atoms with E-state index in [1.54, 1.807) is 31.4 Å². The molecule has 0 saturated carbocycles. The summed E-state index contributed by atoms with van der Waals surface area (Å²) in [6.07, 6.45) is 0.365. The monoisotopic (exact) mass is 326 g/mol. The number of hydrogen-bond donors (Lipinski definition) is 2. The van der Waals surface area contributed by atoms with E-state index in [1.807, 2.05) is 24.3 Å². The Hall–Kier alpha value is -2.66. The van der Waals surface area contributed by atoms with Crippen LogP contribution >= 0.6 is 0 Å². The predicted octanol–water partition coefficient (Wildman–Crippen LogP) is 3.02. The van der Waals surface area contributed by atoms with Crippen molar-refractivity contribution in [3.8, 4) is 5.75 Å². The molecule has 126 valence electrons. The van der Waals surface area contributed by atoms with Gasteiger partial charge in [0.15, 0.2) is 5.78 Å². The lowest BCUT2D eigenvalue weighted by atomic mass is 10.1. The van der Waals surface area contributed by atoms with Crippen molar-refractivity contribution in [2.75, 3.05) is 19.0 Å². The number of ether oxygens (including phenoxy) is 1. The van der Waals surface area contributed by atoms with Gasteiger partial charge in [-0.1, -0.05) is 18.2 Å². The normalized spacial score (nSPS) is 10.2. The van der Waals surface area contributed by atoms with Crippen molar-refractivity contribution in [3.05, 3.63) is 59.7 Å². The van der Waals surface area contributed by atoms with E-state index in [0.29, 0.717) is 30.8 Å². The lowest BCUT2D eigenvalue weighted by Crippen LogP contribution is -2.21. The zero-order chi connectivity index (χ0) is 17.4. The number of carbonyl (C=O) groups is 2. The Bertz CT molecular complexity index is 696. The fraction of sp³-hybridized carbons (Fsp3) is 0.263. The molecule has 2 aromatic carbocycles. The summed E-state index contributed by atoms with van der Waals surface area (Å²) in [5.74, 6) is 0.770. The maximum atomic E-state index is 11.9. The Kier molecular flexibility index (Phi) is 6.51. The van der Waals surface area contributed by atoms with Crippen LogP contribution in [0.3, 0.4) is 0 Å². The van der Waals surface area contributed by atoms with E-state index in [4.69, 9.17) is 4.74 Å². The zero-order valence-electron chi connectivity index (χ0n) is 14.0. The quantitative estimate of drug-likeness (QED) is 0.578. The van der Waals surface area contributed by atoms with Crippen LogP contribution in [0.2, 0.25) is 0 Å². The van der Waals surface area contributed by atoms with E-state index in [0.717, 1.165) is 11.3 Å². The third kappa shape index (κ3) is 5.21. The van der Waals surface area contributed by atoms with E-state index < -0.39 is 0 Å². The van der Waals surface area contributed by atoms with Crippen molar-refractivity contribution < 1.29 is 14.3 Å². The van der Waals surface area contributed by atoms with Gasteiger partial charge in [-0.2, -0.15) is 0 Å².